The third-order valence-electron chi connectivity index (χ3n) is 3.45. The molecule has 0 saturated carbocycles. The van der Waals surface area contributed by atoms with E-state index in [0.29, 0.717) is 6.61 Å². The van der Waals surface area contributed by atoms with E-state index in [9.17, 15) is 5.11 Å². The van der Waals surface area contributed by atoms with Crippen LogP contribution in [0.5, 0.6) is 0 Å². The minimum atomic E-state index is -0.765. The lowest BCUT2D eigenvalue weighted by atomic mass is 10.1. The first-order valence-corrected chi connectivity index (χ1v) is 6.28. The fraction of sp³-hybridized carbons (Fsp3) is 1.00. The van der Waals surface area contributed by atoms with Crippen molar-refractivity contribution in [3.05, 3.63) is 0 Å². The molecule has 104 valence electrons. The molecule has 0 aliphatic carbocycles. The van der Waals surface area contributed by atoms with Crippen LogP contribution in [0.4, 0.5) is 0 Å². The van der Waals surface area contributed by atoms with Crippen LogP contribution in [0.25, 0.3) is 0 Å². The van der Waals surface area contributed by atoms with E-state index in [0.717, 1.165) is 0 Å². The predicted molar refractivity (Wildman–Crippen MR) is 59.6 cm³/mol. The minimum absolute atomic E-state index is 0.295. The first-order chi connectivity index (χ1) is 8.27. The molecule has 0 aromatic carbocycles. The van der Waals surface area contributed by atoms with E-state index in [1.807, 2.05) is 13.8 Å². The van der Waals surface area contributed by atoms with Crippen molar-refractivity contribution in [3.8, 4) is 0 Å². The second-order valence-electron chi connectivity index (χ2n) is 5.93. The van der Waals surface area contributed by atoms with Gasteiger partial charge in [0, 0.05) is 0 Å². The molecule has 3 rings (SSSR count). The highest BCUT2D eigenvalue weighted by atomic mass is 16.8. The van der Waals surface area contributed by atoms with Gasteiger partial charge in [-0.3, -0.25) is 0 Å². The SMILES string of the molecule is CC1(C)OC2C(O)[C@H]([C@@H]3COC(C)(C)O3)O[C@@H]2O1. The summed E-state index contributed by atoms with van der Waals surface area (Å²) in [5.74, 6) is -1.35. The Kier molecular flexibility index (Phi) is 2.75. The number of hydrogen-bond acceptors (Lipinski definition) is 6. The summed E-state index contributed by atoms with van der Waals surface area (Å²) in [7, 11) is 0. The van der Waals surface area contributed by atoms with Gasteiger partial charge in [-0.1, -0.05) is 0 Å². The van der Waals surface area contributed by atoms with E-state index in [1.165, 1.54) is 0 Å². The summed E-state index contributed by atoms with van der Waals surface area (Å²) in [6.45, 7) is 7.68. The molecule has 0 aromatic heterocycles. The Bertz CT molecular complexity index is 341. The van der Waals surface area contributed by atoms with Crippen molar-refractivity contribution in [1.82, 2.24) is 0 Å². The van der Waals surface area contributed by atoms with E-state index in [2.05, 4.69) is 0 Å². The average Bonchev–Trinajstić information content (AvgIpc) is 2.81. The van der Waals surface area contributed by atoms with E-state index >= 15 is 0 Å². The lowest BCUT2D eigenvalue weighted by molar-refractivity contribution is -0.232. The van der Waals surface area contributed by atoms with Gasteiger partial charge < -0.3 is 28.8 Å². The van der Waals surface area contributed by atoms with Crippen LogP contribution >= 0.6 is 0 Å². The largest absolute Gasteiger partial charge is 0.387 e. The highest BCUT2D eigenvalue weighted by molar-refractivity contribution is 4.97. The van der Waals surface area contributed by atoms with Crippen molar-refractivity contribution in [2.75, 3.05) is 6.61 Å². The van der Waals surface area contributed by atoms with Gasteiger partial charge in [0.2, 0.25) is 0 Å². The fourth-order valence-corrected chi connectivity index (χ4v) is 2.70. The van der Waals surface area contributed by atoms with Crippen molar-refractivity contribution in [1.29, 1.82) is 0 Å². The van der Waals surface area contributed by atoms with Crippen molar-refractivity contribution in [3.63, 3.8) is 0 Å². The molecule has 6 nitrogen and oxygen atoms in total. The molecule has 0 spiro atoms. The van der Waals surface area contributed by atoms with Gasteiger partial charge in [-0.2, -0.15) is 0 Å². The average molecular weight is 260 g/mol. The van der Waals surface area contributed by atoms with Gasteiger partial charge in [-0.15, -0.1) is 0 Å². The second-order valence-corrected chi connectivity index (χ2v) is 5.93. The number of aliphatic hydroxyl groups is 1. The zero-order valence-corrected chi connectivity index (χ0v) is 11.1. The molecule has 3 heterocycles. The number of rotatable bonds is 1. The highest BCUT2D eigenvalue weighted by Gasteiger charge is 2.57. The van der Waals surface area contributed by atoms with E-state index < -0.39 is 36.2 Å². The molecular formula is C12H20O6. The van der Waals surface area contributed by atoms with Crippen LogP contribution in [-0.2, 0) is 23.7 Å². The Morgan fingerprint density at radius 2 is 1.67 bits per heavy atom. The summed E-state index contributed by atoms with van der Waals surface area (Å²) in [5.41, 5.74) is 0. The van der Waals surface area contributed by atoms with Gasteiger partial charge in [0.1, 0.15) is 24.4 Å². The third kappa shape index (κ3) is 2.07. The first kappa shape index (κ1) is 12.8. The maximum atomic E-state index is 10.3. The molecule has 2 unspecified atom stereocenters. The Labute approximate surface area is 106 Å². The number of aliphatic hydroxyl groups excluding tert-OH is 1. The van der Waals surface area contributed by atoms with Crippen LogP contribution in [0.2, 0.25) is 0 Å². The normalized spacial score (nSPS) is 49.5. The van der Waals surface area contributed by atoms with E-state index in [-0.39, 0.29) is 6.10 Å². The lowest BCUT2D eigenvalue weighted by Gasteiger charge is -2.26. The van der Waals surface area contributed by atoms with E-state index in [4.69, 9.17) is 23.7 Å². The van der Waals surface area contributed by atoms with Crippen molar-refractivity contribution >= 4 is 0 Å². The molecule has 3 saturated heterocycles. The summed E-state index contributed by atoms with van der Waals surface area (Å²) in [5, 5.41) is 10.3. The molecule has 0 bridgehead atoms. The van der Waals surface area contributed by atoms with Crippen LogP contribution in [-0.4, -0.2) is 54.0 Å². The zero-order valence-electron chi connectivity index (χ0n) is 11.1. The highest BCUT2D eigenvalue weighted by Crippen LogP contribution is 2.40. The van der Waals surface area contributed by atoms with Crippen LogP contribution in [0.1, 0.15) is 27.7 Å². The monoisotopic (exact) mass is 260 g/mol. The van der Waals surface area contributed by atoms with Gasteiger partial charge in [-0.25, -0.2) is 0 Å². The third-order valence-corrected chi connectivity index (χ3v) is 3.45. The summed E-state index contributed by atoms with van der Waals surface area (Å²) in [6.07, 6.45) is -2.53. The first-order valence-electron chi connectivity index (χ1n) is 6.28. The number of fused-ring (bicyclic) bond motifs is 1. The van der Waals surface area contributed by atoms with Gasteiger partial charge in [-0.05, 0) is 27.7 Å². The Morgan fingerprint density at radius 1 is 0.944 bits per heavy atom. The molecule has 3 aliphatic heterocycles. The minimum Gasteiger partial charge on any atom is -0.387 e. The number of hydrogen-bond donors (Lipinski definition) is 1. The summed E-state index contributed by atoms with van der Waals surface area (Å²) in [4.78, 5) is 0. The molecule has 5 atom stereocenters. The van der Waals surface area contributed by atoms with Crippen LogP contribution in [0.3, 0.4) is 0 Å². The van der Waals surface area contributed by atoms with Gasteiger partial charge in [0.05, 0.1) is 6.61 Å². The van der Waals surface area contributed by atoms with E-state index in [1.54, 1.807) is 13.8 Å². The Morgan fingerprint density at radius 3 is 2.22 bits per heavy atom. The summed E-state index contributed by atoms with van der Waals surface area (Å²) in [6, 6.07) is 0. The van der Waals surface area contributed by atoms with Gasteiger partial charge in [0.15, 0.2) is 17.9 Å². The van der Waals surface area contributed by atoms with Gasteiger partial charge >= 0.3 is 0 Å². The summed E-state index contributed by atoms with van der Waals surface area (Å²) >= 11 is 0. The van der Waals surface area contributed by atoms with Crippen molar-refractivity contribution < 1.29 is 28.8 Å². The number of ether oxygens (including phenoxy) is 5. The molecule has 0 radical (unpaired) electrons. The molecule has 0 amide bonds. The quantitative estimate of drug-likeness (QED) is 0.735. The fourth-order valence-electron chi connectivity index (χ4n) is 2.70. The molecule has 3 fully saturated rings. The van der Waals surface area contributed by atoms with Crippen LogP contribution in [0.15, 0.2) is 0 Å². The standard InChI is InChI=1S/C12H20O6/c1-11(2)14-5-6(16-11)8-7(13)9-10(15-8)18-12(3,4)17-9/h6-10,13H,5H2,1-4H3/t6-,7?,8-,9?,10+/m0/s1. The molecule has 0 aromatic rings. The molecule has 1 N–H and O–H groups in total. The van der Waals surface area contributed by atoms with Crippen molar-refractivity contribution in [2.24, 2.45) is 0 Å². The molecule has 18 heavy (non-hydrogen) atoms. The Hall–Kier alpha value is -0.240. The molecular weight excluding hydrogens is 240 g/mol. The lowest BCUT2D eigenvalue weighted by Crippen LogP contribution is -2.42. The maximum absolute atomic E-state index is 10.3. The zero-order chi connectivity index (χ0) is 13.1. The second kappa shape index (κ2) is 3.88. The van der Waals surface area contributed by atoms with Crippen LogP contribution in [0, 0.1) is 0 Å². The van der Waals surface area contributed by atoms with Crippen molar-refractivity contribution in [2.45, 2.75) is 70.0 Å². The van der Waals surface area contributed by atoms with Crippen LogP contribution < -0.4 is 0 Å². The maximum Gasteiger partial charge on any atom is 0.190 e. The smallest absolute Gasteiger partial charge is 0.190 e. The molecule has 3 aliphatic rings. The molecule has 6 heteroatoms. The predicted octanol–water partition coefficient (Wildman–Crippen LogP) is 0.375. The topological polar surface area (TPSA) is 66.4 Å². The Balaban J connectivity index is 1.68. The van der Waals surface area contributed by atoms with Gasteiger partial charge in [0.25, 0.3) is 0 Å². The summed E-state index contributed by atoms with van der Waals surface area (Å²) < 4.78 is 28.1.